The fourth-order valence-electron chi connectivity index (χ4n) is 3.34. The predicted octanol–water partition coefficient (Wildman–Crippen LogP) is 5.31. The Morgan fingerprint density at radius 2 is 1.71 bits per heavy atom. The van der Waals surface area contributed by atoms with Crippen LogP contribution in [0.15, 0.2) is 84.0 Å². The van der Waals surface area contributed by atoms with E-state index in [2.05, 4.69) is 26.9 Å². The minimum absolute atomic E-state index is 0.0803. The summed E-state index contributed by atoms with van der Waals surface area (Å²) >= 11 is 1.54. The molecule has 0 bridgehead atoms. The molecule has 34 heavy (non-hydrogen) atoms. The normalized spacial score (nSPS) is 10.7. The van der Waals surface area contributed by atoms with Gasteiger partial charge < -0.3 is 14.0 Å². The topological polar surface area (TPSA) is 92.3 Å². The number of aryl methyl sites for hydroxylation is 1. The van der Waals surface area contributed by atoms with Gasteiger partial charge in [0.2, 0.25) is 0 Å². The number of nitro groups is 1. The number of hydrogen-bond donors (Lipinski definition) is 0. The van der Waals surface area contributed by atoms with E-state index in [1.54, 1.807) is 31.0 Å². The second-order valence-electron chi connectivity index (χ2n) is 7.47. The highest BCUT2D eigenvalue weighted by Gasteiger charge is 2.14. The molecule has 0 amide bonds. The largest absolute Gasteiger partial charge is 0.497 e. The van der Waals surface area contributed by atoms with Crippen LogP contribution in [0.1, 0.15) is 17.0 Å². The number of methoxy groups -OCH3 is 1. The van der Waals surface area contributed by atoms with Crippen LogP contribution in [0, 0.1) is 10.1 Å². The van der Waals surface area contributed by atoms with E-state index in [0.717, 1.165) is 28.7 Å². The summed E-state index contributed by atoms with van der Waals surface area (Å²) in [5.74, 6) is 2.77. The highest BCUT2D eigenvalue weighted by Crippen LogP contribution is 2.25. The number of ether oxygens (including phenoxy) is 2. The molecule has 4 aromatic rings. The number of rotatable bonds is 11. The molecule has 0 atom stereocenters. The molecule has 0 aliphatic heterocycles. The van der Waals surface area contributed by atoms with Crippen molar-refractivity contribution in [1.29, 1.82) is 0 Å². The molecule has 8 nitrogen and oxygen atoms in total. The lowest BCUT2D eigenvalue weighted by Gasteiger charge is -2.12. The first-order chi connectivity index (χ1) is 16.6. The first kappa shape index (κ1) is 23.3. The summed E-state index contributed by atoms with van der Waals surface area (Å²) in [5.41, 5.74) is 2.28. The van der Waals surface area contributed by atoms with Crippen molar-refractivity contribution < 1.29 is 14.4 Å². The number of aromatic nitrogens is 3. The van der Waals surface area contributed by atoms with E-state index in [1.165, 1.54) is 17.7 Å². The van der Waals surface area contributed by atoms with Crippen LogP contribution in [0.2, 0.25) is 0 Å². The zero-order valence-corrected chi connectivity index (χ0v) is 19.5. The Balaban J connectivity index is 1.48. The number of non-ortho nitro benzene ring substituents is 1. The fourth-order valence-corrected chi connectivity index (χ4v) is 4.28. The lowest BCUT2D eigenvalue weighted by Crippen LogP contribution is -2.10. The van der Waals surface area contributed by atoms with E-state index in [-0.39, 0.29) is 12.3 Å². The Labute approximate surface area is 201 Å². The van der Waals surface area contributed by atoms with Gasteiger partial charge in [-0.2, -0.15) is 0 Å². The number of thioether (sulfide) groups is 1. The number of hydrogen-bond acceptors (Lipinski definition) is 7. The summed E-state index contributed by atoms with van der Waals surface area (Å²) in [5, 5.41) is 20.4. The summed E-state index contributed by atoms with van der Waals surface area (Å²) < 4.78 is 13.3. The highest BCUT2D eigenvalue weighted by molar-refractivity contribution is 7.98. The fraction of sp³-hybridized carbons (Fsp3) is 0.200. The molecule has 0 aliphatic rings. The monoisotopic (exact) mass is 476 g/mol. The molecule has 0 radical (unpaired) electrons. The Morgan fingerprint density at radius 3 is 2.44 bits per heavy atom. The SMILES string of the molecule is COc1cccc(OCc2nnc(SCc3ccc([N+](=O)[O-])cc3)n2CCc2ccccc2)c1. The molecule has 0 saturated carbocycles. The predicted molar refractivity (Wildman–Crippen MR) is 130 cm³/mol. The first-order valence-electron chi connectivity index (χ1n) is 10.7. The molecule has 1 heterocycles. The zero-order chi connectivity index (χ0) is 23.8. The summed E-state index contributed by atoms with van der Waals surface area (Å²) in [7, 11) is 1.62. The Hall–Kier alpha value is -3.85. The molecular formula is C25H24N4O4S. The molecule has 174 valence electrons. The zero-order valence-electron chi connectivity index (χ0n) is 18.7. The second-order valence-corrected chi connectivity index (χ2v) is 8.41. The van der Waals surface area contributed by atoms with Crippen LogP contribution in [0.25, 0.3) is 0 Å². The summed E-state index contributed by atoms with van der Waals surface area (Å²) in [6.45, 7) is 0.976. The van der Waals surface area contributed by atoms with Crippen molar-refractivity contribution in [1.82, 2.24) is 14.8 Å². The van der Waals surface area contributed by atoms with Crippen molar-refractivity contribution in [3.05, 3.63) is 106 Å². The highest BCUT2D eigenvalue weighted by atomic mass is 32.2. The number of nitrogens with zero attached hydrogens (tertiary/aromatic N) is 4. The molecule has 0 N–H and O–H groups in total. The van der Waals surface area contributed by atoms with Crippen LogP contribution in [0.4, 0.5) is 5.69 Å². The van der Waals surface area contributed by atoms with Crippen molar-refractivity contribution in [3.8, 4) is 11.5 Å². The van der Waals surface area contributed by atoms with Gasteiger partial charge in [-0.15, -0.1) is 10.2 Å². The third-order valence-corrected chi connectivity index (χ3v) is 6.22. The van der Waals surface area contributed by atoms with Gasteiger partial charge in [-0.05, 0) is 29.7 Å². The van der Waals surface area contributed by atoms with E-state index in [0.29, 0.717) is 18.0 Å². The minimum Gasteiger partial charge on any atom is -0.497 e. The molecule has 0 saturated heterocycles. The van der Waals surface area contributed by atoms with E-state index >= 15 is 0 Å². The van der Waals surface area contributed by atoms with Gasteiger partial charge in [-0.1, -0.05) is 60.3 Å². The van der Waals surface area contributed by atoms with E-state index < -0.39 is 4.92 Å². The van der Waals surface area contributed by atoms with Gasteiger partial charge in [0, 0.05) is 30.5 Å². The third kappa shape index (κ3) is 6.14. The minimum atomic E-state index is -0.397. The van der Waals surface area contributed by atoms with Crippen LogP contribution in [0.3, 0.4) is 0 Å². The molecule has 4 rings (SSSR count). The second kappa shape index (κ2) is 11.3. The standard InChI is InChI=1S/C25H24N4O4S/c1-32-22-8-5-9-23(16-22)33-17-24-26-27-25(28(24)15-14-19-6-3-2-4-7-19)34-18-20-10-12-21(13-11-20)29(30)31/h2-13,16H,14-15,17-18H2,1H3. The van der Waals surface area contributed by atoms with Gasteiger partial charge in [0.1, 0.15) is 18.1 Å². The molecule has 0 aliphatic carbocycles. The van der Waals surface area contributed by atoms with Crippen LogP contribution < -0.4 is 9.47 Å². The summed E-state index contributed by atoms with van der Waals surface area (Å²) in [4.78, 5) is 10.5. The van der Waals surface area contributed by atoms with Crippen LogP contribution >= 0.6 is 11.8 Å². The van der Waals surface area contributed by atoms with Gasteiger partial charge in [0.05, 0.1) is 12.0 Å². The van der Waals surface area contributed by atoms with E-state index in [1.807, 2.05) is 42.5 Å². The van der Waals surface area contributed by atoms with Crippen LogP contribution in [-0.2, 0) is 25.3 Å². The van der Waals surface area contributed by atoms with Gasteiger partial charge >= 0.3 is 0 Å². The van der Waals surface area contributed by atoms with Crippen molar-refractivity contribution >= 4 is 17.4 Å². The smallest absolute Gasteiger partial charge is 0.269 e. The van der Waals surface area contributed by atoms with Crippen molar-refractivity contribution in [2.75, 3.05) is 7.11 Å². The summed E-state index contributed by atoms with van der Waals surface area (Å²) in [6, 6.07) is 24.3. The van der Waals surface area contributed by atoms with Gasteiger partial charge in [0.15, 0.2) is 11.0 Å². The maximum atomic E-state index is 10.9. The lowest BCUT2D eigenvalue weighted by molar-refractivity contribution is -0.384. The van der Waals surface area contributed by atoms with Gasteiger partial charge in [-0.25, -0.2) is 0 Å². The van der Waals surface area contributed by atoms with Crippen molar-refractivity contribution in [3.63, 3.8) is 0 Å². The average Bonchev–Trinajstić information content (AvgIpc) is 3.27. The molecule has 0 spiro atoms. The molecule has 3 aromatic carbocycles. The molecule has 0 unspecified atom stereocenters. The first-order valence-corrected chi connectivity index (χ1v) is 11.7. The average molecular weight is 477 g/mol. The molecule has 9 heteroatoms. The van der Waals surface area contributed by atoms with E-state index in [9.17, 15) is 10.1 Å². The van der Waals surface area contributed by atoms with Crippen molar-refractivity contribution in [2.24, 2.45) is 0 Å². The molecule has 1 aromatic heterocycles. The maximum Gasteiger partial charge on any atom is 0.269 e. The Kier molecular flexibility index (Phi) is 7.77. The molecule has 0 fully saturated rings. The lowest BCUT2D eigenvalue weighted by atomic mass is 10.1. The Bertz CT molecular complexity index is 1230. The van der Waals surface area contributed by atoms with Crippen molar-refractivity contribution in [2.45, 2.75) is 30.5 Å². The number of benzene rings is 3. The Morgan fingerprint density at radius 1 is 0.941 bits per heavy atom. The summed E-state index contributed by atoms with van der Waals surface area (Å²) in [6.07, 6.45) is 0.829. The third-order valence-electron chi connectivity index (χ3n) is 5.18. The van der Waals surface area contributed by atoms with Crippen LogP contribution in [0.5, 0.6) is 11.5 Å². The molecular weight excluding hydrogens is 452 g/mol. The van der Waals surface area contributed by atoms with Crippen LogP contribution in [-0.4, -0.2) is 26.8 Å². The maximum absolute atomic E-state index is 10.9. The van der Waals surface area contributed by atoms with Gasteiger partial charge in [-0.3, -0.25) is 10.1 Å². The quantitative estimate of drug-likeness (QED) is 0.165. The van der Waals surface area contributed by atoms with E-state index in [4.69, 9.17) is 9.47 Å². The van der Waals surface area contributed by atoms with Gasteiger partial charge in [0.25, 0.3) is 5.69 Å². The number of nitro benzene ring substituents is 1.